The number of non-ortho nitro benzene ring substituents is 1. The molecule has 2 rings (SSSR count). The maximum absolute atomic E-state index is 12.0. The molecule has 1 amide bonds. The minimum atomic E-state index is -1.23. The number of nitrogens with zero attached hydrogens (tertiary/aromatic N) is 1. The number of carboxylic acids is 1. The zero-order valence-corrected chi connectivity index (χ0v) is 11.7. The summed E-state index contributed by atoms with van der Waals surface area (Å²) in [6.45, 7) is 0. The fourth-order valence-electron chi connectivity index (χ4n) is 1.73. The fourth-order valence-corrected chi connectivity index (χ4v) is 1.93. The summed E-state index contributed by atoms with van der Waals surface area (Å²) in [6, 6.07) is 9.18. The van der Waals surface area contributed by atoms with Gasteiger partial charge < -0.3 is 10.4 Å². The van der Waals surface area contributed by atoms with Gasteiger partial charge in [0.1, 0.15) is 0 Å². The molecule has 2 N–H and O–H groups in total. The van der Waals surface area contributed by atoms with E-state index in [1.165, 1.54) is 36.4 Å². The van der Waals surface area contributed by atoms with E-state index in [1.807, 2.05) is 0 Å². The monoisotopic (exact) mass is 320 g/mol. The topological polar surface area (TPSA) is 110 Å². The maximum Gasteiger partial charge on any atom is 0.337 e. The van der Waals surface area contributed by atoms with E-state index < -0.39 is 16.8 Å². The van der Waals surface area contributed by atoms with Gasteiger partial charge in [-0.05, 0) is 24.3 Å². The summed E-state index contributed by atoms with van der Waals surface area (Å²) in [4.78, 5) is 33.1. The van der Waals surface area contributed by atoms with Crippen LogP contribution in [0.2, 0.25) is 5.02 Å². The van der Waals surface area contributed by atoms with E-state index in [0.717, 1.165) is 6.07 Å². The van der Waals surface area contributed by atoms with Crippen molar-refractivity contribution in [1.82, 2.24) is 0 Å². The quantitative estimate of drug-likeness (QED) is 0.664. The normalized spacial score (nSPS) is 10.0. The van der Waals surface area contributed by atoms with Gasteiger partial charge in [-0.2, -0.15) is 0 Å². The molecule has 22 heavy (non-hydrogen) atoms. The van der Waals surface area contributed by atoms with Crippen LogP contribution in [0.3, 0.4) is 0 Å². The summed E-state index contributed by atoms with van der Waals surface area (Å²) in [5.74, 6) is -1.82. The summed E-state index contributed by atoms with van der Waals surface area (Å²) in [7, 11) is 0. The van der Waals surface area contributed by atoms with Crippen LogP contribution in [-0.4, -0.2) is 21.9 Å². The van der Waals surface area contributed by atoms with Crippen molar-refractivity contribution < 1.29 is 19.6 Å². The molecule has 0 aromatic heterocycles. The summed E-state index contributed by atoms with van der Waals surface area (Å²) >= 11 is 5.73. The number of hydrogen-bond donors (Lipinski definition) is 2. The SMILES string of the molecule is O=C(Nc1ccc(Cl)c(C(=O)O)c1)c1cccc([N+](=O)[O-])c1. The molecule has 2 aromatic rings. The van der Waals surface area contributed by atoms with E-state index in [-0.39, 0.29) is 27.5 Å². The molecular weight excluding hydrogens is 312 g/mol. The van der Waals surface area contributed by atoms with Crippen molar-refractivity contribution in [1.29, 1.82) is 0 Å². The molecule has 0 unspecified atom stereocenters. The Morgan fingerprint density at radius 3 is 2.55 bits per heavy atom. The predicted octanol–water partition coefficient (Wildman–Crippen LogP) is 3.20. The first-order chi connectivity index (χ1) is 10.4. The molecule has 0 fully saturated rings. The first-order valence-electron chi connectivity index (χ1n) is 5.97. The average Bonchev–Trinajstić information content (AvgIpc) is 2.49. The van der Waals surface area contributed by atoms with Crippen molar-refractivity contribution in [3.63, 3.8) is 0 Å². The number of nitro benzene ring substituents is 1. The van der Waals surface area contributed by atoms with Crippen LogP contribution in [0.25, 0.3) is 0 Å². The van der Waals surface area contributed by atoms with E-state index in [0.29, 0.717) is 0 Å². The van der Waals surface area contributed by atoms with Crippen molar-refractivity contribution in [2.45, 2.75) is 0 Å². The van der Waals surface area contributed by atoms with Crippen LogP contribution in [-0.2, 0) is 0 Å². The van der Waals surface area contributed by atoms with Gasteiger partial charge in [0.05, 0.1) is 15.5 Å². The summed E-state index contributed by atoms with van der Waals surface area (Å²) < 4.78 is 0. The van der Waals surface area contributed by atoms with Gasteiger partial charge in [-0.25, -0.2) is 4.79 Å². The first-order valence-corrected chi connectivity index (χ1v) is 6.35. The van der Waals surface area contributed by atoms with Crippen LogP contribution in [0, 0.1) is 10.1 Å². The molecule has 112 valence electrons. The number of carbonyl (C=O) groups is 2. The smallest absolute Gasteiger partial charge is 0.337 e. The average molecular weight is 321 g/mol. The lowest BCUT2D eigenvalue weighted by atomic mass is 10.1. The second kappa shape index (κ2) is 6.23. The lowest BCUT2D eigenvalue weighted by Gasteiger charge is -2.07. The predicted molar refractivity (Wildman–Crippen MR) is 79.5 cm³/mol. The zero-order valence-electron chi connectivity index (χ0n) is 10.9. The molecule has 0 atom stereocenters. The standard InChI is InChI=1S/C14H9ClN2O5/c15-12-5-4-9(7-11(12)14(19)20)16-13(18)8-2-1-3-10(6-8)17(21)22/h1-7H,(H,16,18)(H,19,20). The van der Waals surface area contributed by atoms with Crippen molar-refractivity contribution in [3.05, 3.63) is 68.7 Å². The van der Waals surface area contributed by atoms with Gasteiger partial charge in [0.2, 0.25) is 0 Å². The van der Waals surface area contributed by atoms with Crippen molar-refractivity contribution >= 4 is 34.9 Å². The second-order valence-corrected chi connectivity index (χ2v) is 4.67. The van der Waals surface area contributed by atoms with Crippen LogP contribution in [0.5, 0.6) is 0 Å². The number of aromatic carboxylic acids is 1. The third-order valence-electron chi connectivity index (χ3n) is 2.77. The number of hydrogen-bond acceptors (Lipinski definition) is 4. The highest BCUT2D eigenvalue weighted by molar-refractivity contribution is 6.33. The van der Waals surface area contributed by atoms with Crippen molar-refractivity contribution in [2.24, 2.45) is 0 Å². The number of carbonyl (C=O) groups excluding carboxylic acids is 1. The molecule has 0 saturated heterocycles. The fraction of sp³-hybridized carbons (Fsp3) is 0. The molecule has 7 nitrogen and oxygen atoms in total. The molecule has 2 aromatic carbocycles. The Labute approximate surface area is 129 Å². The number of carboxylic acid groups (broad SMARTS) is 1. The molecule has 0 aliphatic heterocycles. The minimum absolute atomic E-state index is 0.0425. The molecule has 0 aliphatic rings. The molecule has 0 spiro atoms. The number of nitro groups is 1. The van der Waals surface area contributed by atoms with E-state index in [4.69, 9.17) is 16.7 Å². The number of benzene rings is 2. The second-order valence-electron chi connectivity index (χ2n) is 4.26. The molecule has 0 saturated carbocycles. The van der Waals surface area contributed by atoms with E-state index >= 15 is 0 Å². The van der Waals surface area contributed by atoms with Crippen LogP contribution < -0.4 is 5.32 Å². The van der Waals surface area contributed by atoms with Crippen molar-refractivity contribution in [2.75, 3.05) is 5.32 Å². The molecule has 0 heterocycles. The van der Waals surface area contributed by atoms with Gasteiger partial charge in [0, 0.05) is 23.4 Å². The van der Waals surface area contributed by atoms with Crippen LogP contribution in [0.1, 0.15) is 20.7 Å². The van der Waals surface area contributed by atoms with E-state index in [9.17, 15) is 19.7 Å². The van der Waals surface area contributed by atoms with Crippen molar-refractivity contribution in [3.8, 4) is 0 Å². The van der Waals surface area contributed by atoms with Gasteiger partial charge in [-0.1, -0.05) is 17.7 Å². The zero-order chi connectivity index (χ0) is 16.3. The van der Waals surface area contributed by atoms with Crippen LogP contribution in [0.4, 0.5) is 11.4 Å². The summed E-state index contributed by atoms with van der Waals surface area (Å²) in [6.07, 6.45) is 0. The largest absolute Gasteiger partial charge is 0.478 e. The number of halogens is 1. The van der Waals surface area contributed by atoms with Crippen LogP contribution in [0.15, 0.2) is 42.5 Å². The lowest BCUT2D eigenvalue weighted by molar-refractivity contribution is -0.384. The Balaban J connectivity index is 2.26. The van der Waals surface area contributed by atoms with E-state index in [2.05, 4.69) is 5.32 Å². The van der Waals surface area contributed by atoms with Crippen LogP contribution >= 0.6 is 11.6 Å². The summed E-state index contributed by atoms with van der Waals surface area (Å²) in [5, 5.41) is 22.2. The molecule has 0 aliphatic carbocycles. The molecule has 8 heteroatoms. The Hall–Kier alpha value is -2.93. The van der Waals surface area contributed by atoms with E-state index in [1.54, 1.807) is 0 Å². The number of anilines is 1. The lowest BCUT2D eigenvalue weighted by Crippen LogP contribution is -2.12. The molecular formula is C14H9ClN2O5. The van der Waals surface area contributed by atoms with Gasteiger partial charge in [-0.15, -0.1) is 0 Å². The number of rotatable bonds is 4. The first kappa shape index (κ1) is 15.5. The maximum atomic E-state index is 12.0. The van der Waals surface area contributed by atoms with Gasteiger partial charge in [-0.3, -0.25) is 14.9 Å². The third kappa shape index (κ3) is 3.39. The Morgan fingerprint density at radius 1 is 1.18 bits per heavy atom. The number of amides is 1. The van der Waals surface area contributed by atoms with Gasteiger partial charge >= 0.3 is 5.97 Å². The molecule has 0 radical (unpaired) electrons. The Morgan fingerprint density at radius 2 is 1.91 bits per heavy atom. The molecule has 0 bridgehead atoms. The minimum Gasteiger partial charge on any atom is -0.478 e. The van der Waals surface area contributed by atoms with Gasteiger partial charge in [0.25, 0.3) is 11.6 Å². The third-order valence-corrected chi connectivity index (χ3v) is 3.10. The Kier molecular flexibility index (Phi) is 4.38. The summed E-state index contributed by atoms with van der Waals surface area (Å²) in [5.41, 5.74) is -0.0622. The Bertz CT molecular complexity index is 776. The highest BCUT2D eigenvalue weighted by atomic mass is 35.5. The van der Waals surface area contributed by atoms with Gasteiger partial charge in [0.15, 0.2) is 0 Å². The highest BCUT2D eigenvalue weighted by Gasteiger charge is 2.14. The number of nitrogens with one attached hydrogen (secondary N) is 1. The highest BCUT2D eigenvalue weighted by Crippen LogP contribution is 2.21.